The van der Waals surface area contributed by atoms with E-state index in [1.165, 1.54) is 0 Å². The van der Waals surface area contributed by atoms with Gasteiger partial charge in [-0.05, 0) is 6.92 Å². The van der Waals surface area contributed by atoms with Crippen molar-refractivity contribution in [2.75, 3.05) is 23.8 Å². The van der Waals surface area contributed by atoms with Gasteiger partial charge in [-0.25, -0.2) is 13.4 Å². The van der Waals surface area contributed by atoms with Crippen molar-refractivity contribution in [2.24, 2.45) is 0 Å². The van der Waals surface area contributed by atoms with Crippen LogP contribution in [0.4, 0.5) is 0 Å². The third kappa shape index (κ3) is 3.50. The molecule has 2 rings (SSSR count). The highest BCUT2D eigenvalue weighted by Gasteiger charge is 2.36. The van der Waals surface area contributed by atoms with E-state index in [1.54, 1.807) is 30.0 Å². The second kappa shape index (κ2) is 6.96. The summed E-state index contributed by atoms with van der Waals surface area (Å²) in [5.41, 5.74) is 0.861. The molecule has 0 aliphatic carbocycles. The van der Waals surface area contributed by atoms with Gasteiger partial charge in [-0.1, -0.05) is 6.92 Å². The number of rotatable bonds is 5. The number of alkyl halides is 1. The Hall–Kier alpha value is 0.180. The fourth-order valence-electron chi connectivity index (χ4n) is 2.26. The molecule has 1 fully saturated rings. The molecule has 8 heteroatoms. The van der Waals surface area contributed by atoms with Gasteiger partial charge < -0.3 is 0 Å². The highest BCUT2D eigenvalue weighted by Crippen LogP contribution is 2.32. The van der Waals surface area contributed by atoms with Gasteiger partial charge in [-0.2, -0.15) is 11.8 Å². The highest BCUT2D eigenvalue weighted by atomic mass is 35.5. The highest BCUT2D eigenvalue weighted by molar-refractivity contribution is 8.01. The van der Waals surface area contributed by atoms with Gasteiger partial charge in [0.25, 0.3) is 0 Å². The quantitative estimate of drug-likeness (QED) is 0.761. The largest absolute Gasteiger partial charge is 0.276 e. The Morgan fingerprint density at radius 1 is 1.60 bits per heavy atom. The lowest BCUT2D eigenvalue weighted by atomic mass is 10.3. The summed E-state index contributed by atoms with van der Waals surface area (Å²) in [6.07, 6.45) is 0. The van der Waals surface area contributed by atoms with Gasteiger partial charge in [0.2, 0.25) is 0 Å². The van der Waals surface area contributed by atoms with Crippen LogP contribution in [0.3, 0.4) is 0 Å². The molecule has 2 atom stereocenters. The van der Waals surface area contributed by atoms with Gasteiger partial charge in [0, 0.05) is 29.2 Å². The van der Waals surface area contributed by atoms with Crippen LogP contribution in [-0.2, 0) is 15.7 Å². The van der Waals surface area contributed by atoms with E-state index in [2.05, 4.69) is 9.88 Å². The predicted molar refractivity (Wildman–Crippen MR) is 87.4 cm³/mol. The maximum absolute atomic E-state index is 12.3. The number of nitrogens with zero attached hydrogens (tertiary/aromatic N) is 2. The molecule has 2 heterocycles. The van der Waals surface area contributed by atoms with E-state index in [0.29, 0.717) is 11.6 Å². The normalized spacial score (nSPS) is 22.9. The van der Waals surface area contributed by atoms with Crippen LogP contribution in [0.5, 0.6) is 0 Å². The lowest BCUT2D eigenvalue weighted by Crippen LogP contribution is -2.48. The minimum atomic E-state index is -3.07. The van der Waals surface area contributed by atoms with E-state index in [-0.39, 0.29) is 11.8 Å². The van der Waals surface area contributed by atoms with Crippen LogP contribution in [0, 0.1) is 0 Å². The van der Waals surface area contributed by atoms with Crippen LogP contribution < -0.4 is 0 Å². The van der Waals surface area contributed by atoms with Crippen molar-refractivity contribution in [3.8, 4) is 0 Å². The Balaban J connectivity index is 2.23. The summed E-state index contributed by atoms with van der Waals surface area (Å²) in [5.74, 6) is 2.20. The zero-order chi connectivity index (χ0) is 14.8. The molecule has 0 amide bonds. The molecule has 4 nitrogen and oxygen atoms in total. The molecule has 1 aliphatic rings. The SMILES string of the molecule is CCS(=O)(=O)C1CSCCN1C(C)c1nc(CCl)cs1. The molecule has 1 aliphatic heterocycles. The van der Waals surface area contributed by atoms with Crippen molar-refractivity contribution in [1.29, 1.82) is 0 Å². The van der Waals surface area contributed by atoms with E-state index in [9.17, 15) is 8.42 Å². The van der Waals surface area contributed by atoms with Crippen molar-refractivity contribution in [1.82, 2.24) is 9.88 Å². The first-order chi connectivity index (χ1) is 9.49. The van der Waals surface area contributed by atoms with Crippen LogP contribution in [-0.4, -0.2) is 47.5 Å². The zero-order valence-electron chi connectivity index (χ0n) is 11.6. The standard InChI is InChI=1S/C12H19ClN2O2S3/c1-3-20(16,17)11-8-18-5-4-15(11)9(2)12-14-10(6-13)7-19-12/h7,9,11H,3-6,8H2,1-2H3. The summed E-state index contributed by atoms with van der Waals surface area (Å²) in [5, 5.41) is 2.49. The van der Waals surface area contributed by atoms with Gasteiger partial charge in [0.15, 0.2) is 9.84 Å². The molecule has 0 aromatic carbocycles. The summed E-state index contributed by atoms with van der Waals surface area (Å²) < 4.78 is 24.5. The van der Waals surface area contributed by atoms with E-state index in [4.69, 9.17) is 11.6 Å². The number of hydrogen-bond donors (Lipinski definition) is 0. The molecule has 0 saturated carbocycles. The zero-order valence-corrected chi connectivity index (χ0v) is 14.8. The number of sulfone groups is 1. The molecular formula is C12H19ClN2O2S3. The summed E-state index contributed by atoms with van der Waals surface area (Å²) >= 11 is 9.06. The van der Waals surface area contributed by atoms with E-state index in [1.807, 2.05) is 12.3 Å². The Bertz CT molecular complexity index is 547. The smallest absolute Gasteiger partial charge is 0.166 e. The van der Waals surface area contributed by atoms with Crippen LogP contribution in [0.25, 0.3) is 0 Å². The van der Waals surface area contributed by atoms with E-state index in [0.717, 1.165) is 23.0 Å². The van der Waals surface area contributed by atoms with Crippen LogP contribution >= 0.6 is 34.7 Å². The first kappa shape index (κ1) is 16.5. The van der Waals surface area contributed by atoms with Crippen molar-refractivity contribution < 1.29 is 8.42 Å². The maximum atomic E-state index is 12.3. The van der Waals surface area contributed by atoms with Crippen molar-refractivity contribution in [3.05, 3.63) is 16.1 Å². The minimum absolute atomic E-state index is 0.0178. The fraction of sp³-hybridized carbons (Fsp3) is 0.750. The lowest BCUT2D eigenvalue weighted by Gasteiger charge is -2.38. The Labute approximate surface area is 133 Å². The first-order valence-electron chi connectivity index (χ1n) is 6.55. The Morgan fingerprint density at radius 2 is 2.35 bits per heavy atom. The second-order valence-electron chi connectivity index (χ2n) is 4.71. The van der Waals surface area contributed by atoms with Crippen molar-refractivity contribution >= 4 is 44.5 Å². The molecule has 0 radical (unpaired) electrons. The third-order valence-electron chi connectivity index (χ3n) is 3.50. The Kier molecular flexibility index (Phi) is 5.76. The number of thioether (sulfide) groups is 1. The van der Waals surface area contributed by atoms with Crippen LogP contribution in [0.15, 0.2) is 5.38 Å². The molecule has 0 spiro atoms. The Morgan fingerprint density at radius 3 is 2.95 bits per heavy atom. The first-order valence-corrected chi connectivity index (χ1v) is 10.8. The van der Waals surface area contributed by atoms with Crippen molar-refractivity contribution in [2.45, 2.75) is 31.1 Å². The summed E-state index contributed by atoms with van der Waals surface area (Å²) in [6, 6.07) is 0.0178. The number of hydrogen-bond acceptors (Lipinski definition) is 6. The van der Waals surface area contributed by atoms with Crippen molar-refractivity contribution in [3.63, 3.8) is 0 Å². The van der Waals surface area contributed by atoms with Gasteiger partial charge in [0.1, 0.15) is 10.4 Å². The third-order valence-corrected chi connectivity index (χ3v) is 8.14. The average molecular weight is 355 g/mol. The molecule has 2 unspecified atom stereocenters. The number of aromatic nitrogens is 1. The maximum Gasteiger partial charge on any atom is 0.166 e. The number of thiazole rings is 1. The topological polar surface area (TPSA) is 50.3 Å². The lowest BCUT2D eigenvalue weighted by molar-refractivity contribution is 0.206. The monoisotopic (exact) mass is 354 g/mol. The predicted octanol–water partition coefficient (Wildman–Crippen LogP) is 2.75. The summed E-state index contributed by atoms with van der Waals surface area (Å²) in [7, 11) is -3.07. The average Bonchev–Trinajstić information content (AvgIpc) is 2.95. The second-order valence-corrected chi connectivity index (χ2v) is 9.46. The molecule has 1 aromatic heterocycles. The van der Waals surface area contributed by atoms with Crippen LogP contribution in [0.1, 0.15) is 30.6 Å². The van der Waals surface area contributed by atoms with Crippen LogP contribution in [0.2, 0.25) is 0 Å². The molecule has 0 bridgehead atoms. The molecule has 1 saturated heterocycles. The van der Waals surface area contributed by atoms with E-state index >= 15 is 0 Å². The fourth-order valence-corrected chi connectivity index (χ4v) is 6.48. The molecule has 20 heavy (non-hydrogen) atoms. The summed E-state index contributed by atoms with van der Waals surface area (Å²) in [6.45, 7) is 4.53. The molecule has 114 valence electrons. The van der Waals surface area contributed by atoms with Gasteiger partial charge in [0.05, 0.1) is 17.6 Å². The molecule has 0 N–H and O–H groups in total. The minimum Gasteiger partial charge on any atom is -0.276 e. The summed E-state index contributed by atoms with van der Waals surface area (Å²) in [4.78, 5) is 6.57. The number of halogens is 1. The van der Waals surface area contributed by atoms with Gasteiger partial charge in [-0.3, -0.25) is 4.90 Å². The molecule has 1 aromatic rings. The molecular weight excluding hydrogens is 336 g/mol. The van der Waals surface area contributed by atoms with E-state index < -0.39 is 15.2 Å². The van der Waals surface area contributed by atoms with Gasteiger partial charge in [-0.15, -0.1) is 22.9 Å². The van der Waals surface area contributed by atoms with Gasteiger partial charge >= 0.3 is 0 Å².